The minimum absolute atomic E-state index is 0.340. The van der Waals surface area contributed by atoms with E-state index in [1.54, 1.807) is 7.11 Å². The molecule has 0 N–H and O–H groups in total. The molecule has 4 heteroatoms. The topological polar surface area (TPSA) is 31.4 Å². The molecule has 0 amide bonds. The quantitative estimate of drug-likeness (QED) is 0.650. The van der Waals surface area contributed by atoms with Gasteiger partial charge in [-0.05, 0) is 24.3 Å². The molecule has 3 rings (SSSR count). The third-order valence-corrected chi connectivity index (χ3v) is 3.43. The van der Waals surface area contributed by atoms with Crippen LogP contribution in [0.3, 0.4) is 0 Å². The molecule has 0 saturated heterocycles. The fraction of sp³-hybridized carbons (Fsp3) is 0.118. The van der Waals surface area contributed by atoms with Gasteiger partial charge in [0.05, 0.1) is 24.2 Å². The summed E-state index contributed by atoms with van der Waals surface area (Å²) in [5.41, 5.74) is 1.64. The Morgan fingerprint density at radius 3 is 2.43 bits per heavy atom. The molecule has 2 aromatic carbocycles. The van der Waals surface area contributed by atoms with Gasteiger partial charge >= 0.3 is 0 Å². The number of para-hydroxylation sites is 3. The average molecular weight is 300 g/mol. The van der Waals surface area contributed by atoms with Crippen LogP contribution < -0.4 is 9.47 Å². The van der Waals surface area contributed by atoms with Crippen LogP contribution in [0.15, 0.2) is 54.6 Å². The first-order valence-electron chi connectivity index (χ1n) is 6.57. The van der Waals surface area contributed by atoms with Crippen molar-refractivity contribution in [2.75, 3.05) is 7.11 Å². The zero-order chi connectivity index (χ0) is 14.7. The number of aromatic nitrogens is 1. The van der Waals surface area contributed by atoms with Crippen LogP contribution in [0.4, 0.5) is 0 Å². The molecule has 0 fully saturated rings. The first-order valence-corrected chi connectivity index (χ1v) is 7.11. The van der Waals surface area contributed by atoms with Crippen molar-refractivity contribution in [1.82, 2.24) is 4.98 Å². The molecule has 106 valence electrons. The zero-order valence-electron chi connectivity index (χ0n) is 11.5. The predicted molar refractivity (Wildman–Crippen MR) is 84.4 cm³/mol. The molecule has 3 nitrogen and oxygen atoms in total. The summed E-state index contributed by atoms with van der Waals surface area (Å²) in [7, 11) is 1.62. The number of alkyl halides is 1. The molecular weight excluding hydrogens is 286 g/mol. The van der Waals surface area contributed by atoms with E-state index in [1.807, 2.05) is 54.6 Å². The van der Waals surface area contributed by atoms with E-state index in [9.17, 15) is 0 Å². The lowest BCUT2D eigenvalue weighted by Gasteiger charge is -2.12. The highest BCUT2D eigenvalue weighted by Gasteiger charge is 2.10. The highest BCUT2D eigenvalue weighted by molar-refractivity contribution is 6.17. The molecule has 0 radical (unpaired) electrons. The van der Waals surface area contributed by atoms with E-state index in [0.717, 1.165) is 22.3 Å². The number of nitrogens with zero attached hydrogens (tertiary/aromatic N) is 1. The Morgan fingerprint density at radius 2 is 1.67 bits per heavy atom. The lowest BCUT2D eigenvalue weighted by atomic mass is 10.2. The van der Waals surface area contributed by atoms with E-state index >= 15 is 0 Å². The largest absolute Gasteiger partial charge is 0.493 e. The van der Waals surface area contributed by atoms with Crippen LogP contribution in [0.5, 0.6) is 17.2 Å². The maximum Gasteiger partial charge on any atom is 0.169 e. The van der Waals surface area contributed by atoms with Crippen molar-refractivity contribution in [3.63, 3.8) is 0 Å². The molecule has 0 aliphatic rings. The van der Waals surface area contributed by atoms with E-state index in [1.165, 1.54) is 0 Å². The summed E-state index contributed by atoms with van der Waals surface area (Å²) < 4.78 is 11.4. The highest BCUT2D eigenvalue weighted by Crippen LogP contribution is 2.35. The third kappa shape index (κ3) is 2.78. The Balaban J connectivity index is 2.11. The molecule has 0 spiro atoms. The smallest absolute Gasteiger partial charge is 0.169 e. The number of rotatable bonds is 4. The second kappa shape index (κ2) is 6.02. The Bertz CT molecular complexity index is 774. The molecule has 0 atom stereocenters. The molecule has 0 aliphatic heterocycles. The number of fused-ring (bicyclic) bond motifs is 1. The van der Waals surface area contributed by atoms with Crippen LogP contribution >= 0.6 is 11.6 Å². The monoisotopic (exact) mass is 299 g/mol. The maximum absolute atomic E-state index is 6.03. The molecule has 1 heterocycles. The van der Waals surface area contributed by atoms with E-state index in [2.05, 4.69) is 4.98 Å². The lowest BCUT2D eigenvalue weighted by molar-refractivity contribution is 0.380. The first-order chi connectivity index (χ1) is 10.3. The summed E-state index contributed by atoms with van der Waals surface area (Å²) in [4.78, 5) is 4.50. The number of hydrogen-bond acceptors (Lipinski definition) is 3. The number of benzene rings is 2. The Kier molecular flexibility index (Phi) is 3.93. The molecular formula is C17H14ClNO2. The fourth-order valence-electron chi connectivity index (χ4n) is 2.17. The summed E-state index contributed by atoms with van der Waals surface area (Å²) in [5, 5.41) is 0.942. The van der Waals surface area contributed by atoms with Gasteiger partial charge < -0.3 is 9.47 Å². The molecule has 0 unspecified atom stereocenters. The van der Waals surface area contributed by atoms with Gasteiger partial charge in [0.25, 0.3) is 0 Å². The number of hydrogen-bond donors (Lipinski definition) is 0. The van der Waals surface area contributed by atoms with Crippen LogP contribution in [0.2, 0.25) is 0 Å². The van der Waals surface area contributed by atoms with Gasteiger partial charge in [0.2, 0.25) is 0 Å². The fourth-order valence-corrected chi connectivity index (χ4v) is 2.31. The van der Waals surface area contributed by atoms with E-state index in [-0.39, 0.29) is 0 Å². The van der Waals surface area contributed by atoms with E-state index < -0.39 is 0 Å². The van der Waals surface area contributed by atoms with Gasteiger partial charge in [-0.2, -0.15) is 0 Å². The van der Waals surface area contributed by atoms with Crippen LogP contribution in [-0.4, -0.2) is 12.1 Å². The standard InChI is InChI=1S/C17H14ClNO2/c1-20-15-8-4-5-9-16(15)21-17-10-12(11-18)19-14-7-3-2-6-13(14)17/h2-10H,11H2,1H3. The number of methoxy groups -OCH3 is 1. The molecule has 1 aromatic heterocycles. The van der Waals surface area contributed by atoms with Crippen molar-refractivity contribution in [2.24, 2.45) is 0 Å². The summed E-state index contributed by atoms with van der Waals surface area (Å²) in [6.45, 7) is 0. The van der Waals surface area contributed by atoms with Gasteiger partial charge in [-0.3, -0.25) is 4.98 Å². The van der Waals surface area contributed by atoms with Crippen molar-refractivity contribution in [1.29, 1.82) is 0 Å². The third-order valence-electron chi connectivity index (χ3n) is 3.16. The first kappa shape index (κ1) is 13.7. The molecule has 21 heavy (non-hydrogen) atoms. The number of pyridine rings is 1. The van der Waals surface area contributed by atoms with Crippen LogP contribution in [0, 0.1) is 0 Å². The van der Waals surface area contributed by atoms with Gasteiger partial charge in [0.1, 0.15) is 5.75 Å². The van der Waals surface area contributed by atoms with Crippen molar-refractivity contribution in [3.8, 4) is 17.2 Å². The highest BCUT2D eigenvalue weighted by atomic mass is 35.5. The molecule has 0 bridgehead atoms. The second-order valence-corrected chi connectivity index (χ2v) is 4.78. The van der Waals surface area contributed by atoms with Crippen LogP contribution in [0.1, 0.15) is 5.69 Å². The van der Waals surface area contributed by atoms with E-state index in [0.29, 0.717) is 17.4 Å². The van der Waals surface area contributed by atoms with Gasteiger partial charge in [0.15, 0.2) is 11.5 Å². The number of ether oxygens (including phenoxy) is 2. The Labute approximate surface area is 128 Å². The normalized spacial score (nSPS) is 10.6. The summed E-state index contributed by atoms with van der Waals surface area (Å²) >= 11 is 5.92. The summed E-state index contributed by atoms with van der Waals surface area (Å²) in [5.74, 6) is 2.41. The zero-order valence-corrected chi connectivity index (χ0v) is 12.3. The Morgan fingerprint density at radius 1 is 0.952 bits per heavy atom. The summed E-state index contributed by atoms with van der Waals surface area (Å²) in [6.07, 6.45) is 0. The van der Waals surface area contributed by atoms with Gasteiger partial charge in [-0.25, -0.2) is 0 Å². The maximum atomic E-state index is 6.03. The molecule has 0 saturated carbocycles. The Hall–Kier alpha value is -2.26. The predicted octanol–water partition coefficient (Wildman–Crippen LogP) is 4.77. The average Bonchev–Trinajstić information content (AvgIpc) is 2.55. The summed E-state index contributed by atoms with van der Waals surface area (Å²) in [6, 6.07) is 17.2. The SMILES string of the molecule is COc1ccccc1Oc1cc(CCl)nc2ccccc12. The van der Waals surface area contributed by atoms with Gasteiger partial charge in [0, 0.05) is 11.5 Å². The lowest BCUT2D eigenvalue weighted by Crippen LogP contribution is -1.94. The van der Waals surface area contributed by atoms with Crippen LogP contribution in [0.25, 0.3) is 10.9 Å². The van der Waals surface area contributed by atoms with Crippen molar-refractivity contribution in [2.45, 2.75) is 5.88 Å². The van der Waals surface area contributed by atoms with Crippen LogP contribution in [-0.2, 0) is 5.88 Å². The van der Waals surface area contributed by atoms with Crippen molar-refractivity contribution < 1.29 is 9.47 Å². The minimum Gasteiger partial charge on any atom is -0.493 e. The number of halogens is 1. The molecule has 0 aliphatic carbocycles. The second-order valence-electron chi connectivity index (χ2n) is 4.52. The van der Waals surface area contributed by atoms with Crippen molar-refractivity contribution >= 4 is 22.5 Å². The van der Waals surface area contributed by atoms with Crippen molar-refractivity contribution in [3.05, 3.63) is 60.3 Å². The minimum atomic E-state index is 0.340. The van der Waals surface area contributed by atoms with Gasteiger partial charge in [-0.15, -0.1) is 11.6 Å². The van der Waals surface area contributed by atoms with E-state index in [4.69, 9.17) is 21.1 Å². The van der Waals surface area contributed by atoms with Gasteiger partial charge in [-0.1, -0.05) is 24.3 Å². The molecule has 3 aromatic rings.